The number of hydrogen-bond donors (Lipinski definition) is 2. The summed E-state index contributed by atoms with van der Waals surface area (Å²) in [7, 11) is 1.65. The molecule has 0 bridgehead atoms. The fourth-order valence-electron chi connectivity index (χ4n) is 2.02. The molecule has 1 heterocycles. The number of nitrogens with one attached hydrogen (secondary N) is 1. The third kappa shape index (κ3) is 3.10. The van der Waals surface area contributed by atoms with Crippen LogP contribution in [0.3, 0.4) is 0 Å². The Hall–Kier alpha value is -1.92. The summed E-state index contributed by atoms with van der Waals surface area (Å²) in [6.45, 7) is 2.83. The number of methoxy groups -OCH3 is 1. The highest BCUT2D eigenvalue weighted by atomic mass is 16.5. The molecule has 1 aromatic carbocycles. The monoisotopic (exact) mass is 261 g/mol. The Kier molecular flexibility index (Phi) is 4.48. The summed E-state index contributed by atoms with van der Waals surface area (Å²) < 4.78 is 7.09. The number of benzene rings is 1. The van der Waals surface area contributed by atoms with Gasteiger partial charge in [0.2, 0.25) is 0 Å². The summed E-state index contributed by atoms with van der Waals surface area (Å²) in [4.78, 5) is 4.27. The van der Waals surface area contributed by atoms with Crippen LogP contribution in [0.5, 0.6) is 5.75 Å². The smallest absolute Gasteiger partial charge is 0.138 e. The molecule has 0 spiro atoms. The highest BCUT2D eigenvalue weighted by Crippen LogP contribution is 2.21. The number of aromatic nitrogens is 3. The highest BCUT2D eigenvalue weighted by molar-refractivity contribution is 5.30. The molecule has 2 rings (SSSR count). The predicted molar refractivity (Wildman–Crippen MR) is 72.5 cm³/mol. The maximum absolute atomic E-state index is 5.66. The third-order valence-electron chi connectivity index (χ3n) is 3.08. The maximum atomic E-state index is 5.66. The fourth-order valence-corrected chi connectivity index (χ4v) is 2.02. The van der Waals surface area contributed by atoms with Gasteiger partial charge in [0.1, 0.15) is 17.9 Å². The number of aryl methyl sites for hydroxylation is 1. The van der Waals surface area contributed by atoms with Gasteiger partial charge in [0.25, 0.3) is 0 Å². The lowest BCUT2D eigenvalue weighted by molar-refractivity contribution is 0.412. The van der Waals surface area contributed by atoms with Crippen molar-refractivity contribution >= 4 is 0 Å². The van der Waals surface area contributed by atoms with Gasteiger partial charge in [0.05, 0.1) is 13.2 Å². The van der Waals surface area contributed by atoms with Crippen molar-refractivity contribution in [3.8, 4) is 5.75 Å². The van der Waals surface area contributed by atoms with E-state index in [1.807, 2.05) is 35.9 Å². The molecule has 1 unspecified atom stereocenters. The van der Waals surface area contributed by atoms with Crippen LogP contribution in [-0.2, 0) is 13.0 Å². The molecule has 6 heteroatoms. The lowest BCUT2D eigenvalue weighted by Gasteiger charge is -2.16. The minimum atomic E-state index is -0.0235. The molecule has 19 heavy (non-hydrogen) atoms. The summed E-state index contributed by atoms with van der Waals surface area (Å²) >= 11 is 0. The van der Waals surface area contributed by atoms with E-state index in [0.717, 1.165) is 23.7 Å². The Labute approximate surface area is 112 Å². The average molecular weight is 261 g/mol. The molecule has 2 aromatic rings. The second-order valence-corrected chi connectivity index (χ2v) is 4.19. The van der Waals surface area contributed by atoms with Crippen LogP contribution >= 0.6 is 0 Å². The van der Waals surface area contributed by atoms with Crippen LogP contribution in [0, 0.1) is 0 Å². The van der Waals surface area contributed by atoms with Crippen LogP contribution in [0.4, 0.5) is 0 Å². The number of hydrazine groups is 1. The van der Waals surface area contributed by atoms with Gasteiger partial charge in [-0.2, -0.15) is 5.10 Å². The van der Waals surface area contributed by atoms with Crippen LogP contribution in [0.2, 0.25) is 0 Å². The molecule has 0 amide bonds. The van der Waals surface area contributed by atoms with Gasteiger partial charge in [-0.05, 0) is 24.6 Å². The second kappa shape index (κ2) is 6.31. The number of ether oxygens (including phenoxy) is 1. The van der Waals surface area contributed by atoms with Gasteiger partial charge in [0, 0.05) is 13.0 Å². The molecule has 0 aliphatic heterocycles. The third-order valence-corrected chi connectivity index (χ3v) is 3.08. The summed E-state index contributed by atoms with van der Waals surface area (Å²) in [6, 6.07) is 7.82. The first-order chi connectivity index (χ1) is 9.28. The van der Waals surface area contributed by atoms with Crippen molar-refractivity contribution in [3.63, 3.8) is 0 Å². The zero-order chi connectivity index (χ0) is 13.7. The standard InChI is InChI=1S/C13H19N5O/c1-3-18-13(15-9-16-18)8-12(17-14)10-5-4-6-11(7-10)19-2/h4-7,9,12,17H,3,8,14H2,1-2H3. The van der Waals surface area contributed by atoms with Crippen LogP contribution in [-0.4, -0.2) is 21.9 Å². The minimum Gasteiger partial charge on any atom is -0.497 e. The van der Waals surface area contributed by atoms with E-state index in [0.29, 0.717) is 6.42 Å². The normalized spacial score (nSPS) is 12.4. The van der Waals surface area contributed by atoms with Crippen molar-refractivity contribution in [1.82, 2.24) is 20.2 Å². The second-order valence-electron chi connectivity index (χ2n) is 4.19. The molecule has 0 aliphatic carbocycles. The Morgan fingerprint density at radius 1 is 1.47 bits per heavy atom. The van der Waals surface area contributed by atoms with Crippen molar-refractivity contribution in [2.24, 2.45) is 5.84 Å². The van der Waals surface area contributed by atoms with E-state index < -0.39 is 0 Å². The quantitative estimate of drug-likeness (QED) is 0.600. The molecule has 0 aliphatic rings. The van der Waals surface area contributed by atoms with E-state index >= 15 is 0 Å². The van der Waals surface area contributed by atoms with E-state index in [1.54, 1.807) is 13.4 Å². The van der Waals surface area contributed by atoms with E-state index in [2.05, 4.69) is 15.5 Å². The number of rotatable bonds is 6. The molecular weight excluding hydrogens is 242 g/mol. The first-order valence-corrected chi connectivity index (χ1v) is 6.25. The number of hydrogen-bond acceptors (Lipinski definition) is 5. The van der Waals surface area contributed by atoms with Crippen molar-refractivity contribution in [2.45, 2.75) is 25.9 Å². The van der Waals surface area contributed by atoms with Crippen LogP contribution in [0.1, 0.15) is 24.4 Å². The van der Waals surface area contributed by atoms with Gasteiger partial charge in [-0.15, -0.1) is 0 Å². The molecular formula is C13H19N5O. The van der Waals surface area contributed by atoms with Gasteiger partial charge in [-0.3, -0.25) is 16.0 Å². The molecule has 0 saturated carbocycles. The summed E-state index contributed by atoms with van der Waals surface area (Å²) in [5, 5.41) is 4.16. The zero-order valence-corrected chi connectivity index (χ0v) is 11.2. The first-order valence-electron chi connectivity index (χ1n) is 6.25. The van der Waals surface area contributed by atoms with E-state index in [9.17, 15) is 0 Å². The lowest BCUT2D eigenvalue weighted by Crippen LogP contribution is -2.30. The van der Waals surface area contributed by atoms with E-state index in [-0.39, 0.29) is 6.04 Å². The summed E-state index contributed by atoms with van der Waals surface area (Å²) in [5.74, 6) is 7.38. The predicted octanol–water partition coefficient (Wildman–Crippen LogP) is 1.05. The van der Waals surface area contributed by atoms with Gasteiger partial charge in [0.15, 0.2) is 0 Å². The van der Waals surface area contributed by atoms with Gasteiger partial charge < -0.3 is 4.74 Å². The van der Waals surface area contributed by atoms with Crippen molar-refractivity contribution in [2.75, 3.05) is 7.11 Å². The Balaban J connectivity index is 2.20. The molecule has 1 atom stereocenters. The van der Waals surface area contributed by atoms with Gasteiger partial charge >= 0.3 is 0 Å². The van der Waals surface area contributed by atoms with E-state index in [4.69, 9.17) is 10.6 Å². The Bertz CT molecular complexity index is 525. The first kappa shape index (κ1) is 13.5. The summed E-state index contributed by atoms with van der Waals surface area (Å²) in [6.07, 6.45) is 2.25. The topological polar surface area (TPSA) is 78.0 Å². The molecule has 0 fully saturated rings. The number of nitrogens with two attached hydrogens (primary N) is 1. The minimum absolute atomic E-state index is 0.0235. The largest absolute Gasteiger partial charge is 0.497 e. The number of nitrogens with zero attached hydrogens (tertiary/aromatic N) is 3. The van der Waals surface area contributed by atoms with Gasteiger partial charge in [-0.25, -0.2) is 4.98 Å². The van der Waals surface area contributed by atoms with Crippen molar-refractivity contribution in [3.05, 3.63) is 42.0 Å². The Morgan fingerprint density at radius 3 is 3.00 bits per heavy atom. The van der Waals surface area contributed by atoms with Crippen molar-refractivity contribution in [1.29, 1.82) is 0 Å². The van der Waals surface area contributed by atoms with Crippen LogP contribution in [0.25, 0.3) is 0 Å². The highest BCUT2D eigenvalue weighted by Gasteiger charge is 2.14. The average Bonchev–Trinajstić information content (AvgIpc) is 2.92. The van der Waals surface area contributed by atoms with Crippen LogP contribution < -0.4 is 16.0 Å². The summed E-state index contributed by atoms with van der Waals surface area (Å²) in [5.41, 5.74) is 3.89. The van der Waals surface area contributed by atoms with E-state index in [1.165, 1.54) is 0 Å². The fraction of sp³-hybridized carbons (Fsp3) is 0.385. The van der Waals surface area contributed by atoms with Crippen molar-refractivity contribution < 1.29 is 4.74 Å². The molecule has 0 radical (unpaired) electrons. The molecule has 6 nitrogen and oxygen atoms in total. The molecule has 102 valence electrons. The molecule has 3 N–H and O–H groups in total. The molecule has 0 saturated heterocycles. The Morgan fingerprint density at radius 2 is 2.32 bits per heavy atom. The van der Waals surface area contributed by atoms with Crippen LogP contribution in [0.15, 0.2) is 30.6 Å². The maximum Gasteiger partial charge on any atom is 0.138 e. The molecule has 1 aromatic heterocycles. The lowest BCUT2D eigenvalue weighted by atomic mass is 10.0. The SMILES string of the molecule is CCn1ncnc1CC(NN)c1cccc(OC)c1. The zero-order valence-electron chi connectivity index (χ0n) is 11.2. The van der Waals surface area contributed by atoms with Gasteiger partial charge in [-0.1, -0.05) is 12.1 Å².